The number of hydrogen-bond acceptors (Lipinski definition) is 4. The Bertz CT molecular complexity index is 899. The van der Waals surface area contributed by atoms with Gasteiger partial charge in [-0.2, -0.15) is 0 Å². The van der Waals surface area contributed by atoms with Gasteiger partial charge in [-0.3, -0.25) is 9.59 Å². The highest BCUT2D eigenvalue weighted by atomic mass is 16.3. The van der Waals surface area contributed by atoms with Gasteiger partial charge in [0.2, 0.25) is 5.91 Å². The molecule has 0 saturated carbocycles. The van der Waals surface area contributed by atoms with Crippen LogP contribution < -0.4 is 14.7 Å². The number of nitrogens with zero attached hydrogens (tertiary/aromatic N) is 2. The fourth-order valence-electron chi connectivity index (χ4n) is 4.46. The highest BCUT2D eigenvalue weighted by molar-refractivity contribution is 6.22. The van der Waals surface area contributed by atoms with Crippen LogP contribution in [0.3, 0.4) is 0 Å². The van der Waals surface area contributed by atoms with Crippen LogP contribution in [0.1, 0.15) is 17.5 Å². The Hall–Kier alpha value is -2.86. The van der Waals surface area contributed by atoms with Gasteiger partial charge in [0.25, 0.3) is 5.91 Å². The summed E-state index contributed by atoms with van der Waals surface area (Å²) in [4.78, 5) is 30.6. The number of phenolic OH excluding ortho intramolecular Hbond substituents is 1. The minimum atomic E-state index is -0.321. The Morgan fingerprint density at radius 3 is 2.25 bits per heavy atom. The SMILES string of the molecule is Cc1cccc(C)c1N1C(=O)C[C@H]([NH+]2CCN(c3ccccc3O)CC2)C1=O. The van der Waals surface area contributed by atoms with Gasteiger partial charge < -0.3 is 14.9 Å². The highest BCUT2D eigenvalue weighted by Crippen LogP contribution is 2.29. The van der Waals surface area contributed by atoms with Crippen LogP contribution in [0.15, 0.2) is 42.5 Å². The average Bonchev–Trinajstić information content (AvgIpc) is 2.97. The van der Waals surface area contributed by atoms with E-state index in [9.17, 15) is 14.7 Å². The van der Waals surface area contributed by atoms with Crippen LogP contribution in [-0.4, -0.2) is 49.1 Å². The van der Waals surface area contributed by atoms with Crippen molar-refractivity contribution in [2.45, 2.75) is 26.3 Å². The lowest BCUT2D eigenvalue weighted by molar-refractivity contribution is -0.915. The van der Waals surface area contributed by atoms with E-state index in [2.05, 4.69) is 4.90 Å². The predicted molar refractivity (Wildman–Crippen MR) is 108 cm³/mol. The molecule has 0 unspecified atom stereocenters. The molecule has 1 atom stereocenters. The Kier molecular flexibility index (Phi) is 4.81. The molecule has 2 saturated heterocycles. The van der Waals surface area contributed by atoms with Crippen molar-refractivity contribution in [3.8, 4) is 5.75 Å². The number of hydrogen-bond donors (Lipinski definition) is 2. The number of benzene rings is 2. The molecule has 0 aliphatic carbocycles. The van der Waals surface area contributed by atoms with E-state index in [4.69, 9.17) is 0 Å². The van der Waals surface area contributed by atoms with Crippen molar-refractivity contribution in [3.05, 3.63) is 53.6 Å². The zero-order chi connectivity index (χ0) is 19.8. The van der Waals surface area contributed by atoms with Crippen LogP contribution in [-0.2, 0) is 9.59 Å². The molecular formula is C22H26N3O3+. The smallest absolute Gasteiger partial charge is 0.292 e. The monoisotopic (exact) mass is 380 g/mol. The summed E-state index contributed by atoms with van der Waals surface area (Å²) in [5.41, 5.74) is 3.46. The van der Waals surface area contributed by atoms with Crippen molar-refractivity contribution in [1.29, 1.82) is 0 Å². The maximum atomic E-state index is 13.2. The Labute approximate surface area is 165 Å². The van der Waals surface area contributed by atoms with Crippen molar-refractivity contribution in [3.63, 3.8) is 0 Å². The van der Waals surface area contributed by atoms with Crippen molar-refractivity contribution in [1.82, 2.24) is 0 Å². The van der Waals surface area contributed by atoms with Crippen molar-refractivity contribution in [2.24, 2.45) is 0 Å². The second-order valence-electron chi connectivity index (χ2n) is 7.70. The molecular weight excluding hydrogens is 354 g/mol. The number of carbonyl (C=O) groups excluding carboxylic acids is 2. The first-order chi connectivity index (χ1) is 13.5. The van der Waals surface area contributed by atoms with Crippen LogP contribution in [0.4, 0.5) is 11.4 Å². The molecule has 2 aliphatic rings. The van der Waals surface area contributed by atoms with Crippen LogP contribution in [0.25, 0.3) is 0 Å². The summed E-state index contributed by atoms with van der Waals surface area (Å²) in [5.74, 6) is 0.0794. The first kappa shape index (κ1) is 18.5. The summed E-state index contributed by atoms with van der Waals surface area (Å²) < 4.78 is 0. The van der Waals surface area contributed by atoms with Crippen molar-refractivity contribution < 1.29 is 19.6 Å². The molecule has 6 nitrogen and oxygen atoms in total. The predicted octanol–water partition coefficient (Wildman–Crippen LogP) is 1.05. The molecule has 6 heteroatoms. The van der Waals surface area contributed by atoms with Crippen LogP contribution >= 0.6 is 0 Å². The fourth-order valence-corrected chi connectivity index (χ4v) is 4.46. The van der Waals surface area contributed by atoms with Gasteiger partial charge in [0, 0.05) is 0 Å². The Morgan fingerprint density at radius 2 is 1.61 bits per heavy atom. The number of aryl methyl sites for hydroxylation is 2. The number of imide groups is 1. The summed E-state index contributed by atoms with van der Waals surface area (Å²) in [6, 6.07) is 12.8. The average molecular weight is 380 g/mol. The minimum absolute atomic E-state index is 0.0894. The fraction of sp³-hybridized carbons (Fsp3) is 0.364. The number of aromatic hydroxyl groups is 1. The summed E-state index contributed by atoms with van der Waals surface area (Å²) in [7, 11) is 0. The number of carbonyl (C=O) groups is 2. The molecule has 2 aromatic rings. The van der Waals surface area contributed by atoms with Crippen molar-refractivity contribution >= 4 is 23.2 Å². The zero-order valence-corrected chi connectivity index (χ0v) is 16.3. The number of rotatable bonds is 3. The third-order valence-corrected chi connectivity index (χ3v) is 5.93. The third kappa shape index (κ3) is 3.14. The summed E-state index contributed by atoms with van der Waals surface area (Å²) in [5, 5.41) is 10.1. The van der Waals surface area contributed by atoms with E-state index in [0.29, 0.717) is 0 Å². The molecule has 4 rings (SSSR count). The molecule has 0 radical (unpaired) electrons. The standard InChI is InChI=1S/C22H25N3O3/c1-15-6-5-7-16(2)21(15)25-20(27)14-18(22(25)28)24-12-10-23(11-13-24)17-8-3-4-9-19(17)26/h3-9,18,26H,10-14H2,1-2H3/p+1/t18-/m0/s1. The minimum Gasteiger partial charge on any atom is -0.506 e. The van der Waals surface area contributed by atoms with E-state index in [1.807, 2.05) is 50.2 Å². The van der Waals surface area contributed by atoms with Gasteiger partial charge >= 0.3 is 0 Å². The summed E-state index contributed by atoms with van der Waals surface area (Å²) >= 11 is 0. The first-order valence-electron chi connectivity index (χ1n) is 9.78. The number of amides is 2. The van der Waals surface area contributed by atoms with Gasteiger partial charge in [-0.15, -0.1) is 0 Å². The number of nitrogens with one attached hydrogen (secondary N) is 1. The second-order valence-corrected chi connectivity index (χ2v) is 7.70. The molecule has 0 spiro atoms. The molecule has 28 heavy (non-hydrogen) atoms. The normalized spacial score (nSPS) is 20.9. The first-order valence-corrected chi connectivity index (χ1v) is 9.78. The lowest BCUT2D eigenvalue weighted by atomic mass is 10.1. The Balaban J connectivity index is 1.49. The van der Waals surface area contributed by atoms with Crippen LogP contribution in [0.5, 0.6) is 5.75 Å². The molecule has 0 aromatic heterocycles. The third-order valence-electron chi connectivity index (χ3n) is 5.93. The number of para-hydroxylation sites is 3. The topological polar surface area (TPSA) is 65.3 Å². The quantitative estimate of drug-likeness (QED) is 0.782. The maximum absolute atomic E-state index is 13.2. The van der Waals surface area contributed by atoms with Gasteiger partial charge in [0.1, 0.15) is 5.75 Å². The largest absolute Gasteiger partial charge is 0.506 e. The van der Waals surface area contributed by atoms with Gasteiger partial charge in [-0.05, 0) is 37.1 Å². The van der Waals surface area contributed by atoms with E-state index in [0.717, 1.165) is 53.6 Å². The van der Waals surface area contributed by atoms with E-state index in [1.165, 1.54) is 4.90 Å². The summed E-state index contributed by atoms with van der Waals surface area (Å²) in [6.45, 7) is 6.89. The molecule has 0 bridgehead atoms. The highest BCUT2D eigenvalue weighted by Gasteiger charge is 2.47. The molecule has 2 heterocycles. The van der Waals surface area contributed by atoms with Crippen LogP contribution in [0.2, 0.25) is 0 Å². The molecule has 146 valence electrons. The van der Waals surface area contributed by atoms with Gasteiger partial charge in [0.15, 0.2) is 6.04 Å². The van der Waals surface area contributed by atoms with Crippen molar-refractivity contribution in [2.75, 3.05) is 36.0 Å². The molecule has 2 fully saturated rings. The van der Waals surface area contributed by atoms with E-state index >= 15 is 0 Å². The summed E-state index contributed by atoms with van der Waals surface area (Å²) in [6.07, 6.45) is 0.262. The lowest BCUT2D eigenvalue weighted by Gasteiger charge is -2.35. The lowest BCUT2D eigenvalue weighted by Crippen LogP contribution is -3.19. The number of quaternary nitrogens is 1. The molecule has 2 amide bonds. The number of piperazine rings is 1. The number of phenols is 1. The van der Waals surface area contributed by atoms with Crippen LogP contribution in [0, 0.1) is 13.8 Å². The molecule has 2 aromatic carbocycles. The zero-order valence-electron chi connectivity index (χ0n) is 16.3. The van der Waals surface area contributed by atoms with Gasteiger partial charge in [-0.1, -0.05) is 30.3 Å². The molecule has 2 aliphatic heterocycles. The van der Waals surface area contributed by atoms with Gasteiger partial charge in [0.05, 0.1) is 44.0 Å². The maximum Gasteiger partial charge on any atom is 0.292 e. The van der Waals surface area contributed by atoms with Gasteiger partial charge in [-0.25, -0.2) is 4.90 Å². The Morgan fingerprint density at radius 1 is 0.964 bits per heavy atom. The number of anilines is 2. The second kappa shape index (κ2) is 7.28. The van der Waals surface area contributed by atoms with E-state index in [1.54, 1.807) is 6.07 Å². The van der Waals surface area contributed by atoms with E-state index < -0.39 is 0 Å². The van der Waals surface area contributed by atoms with E-state index in [-0.39, 0.29) is 30.0 Å². The molecule has 2 N–H and O–H groups in total.